The summed E-state index contributed by atoms with van der Waals surface area (Å²) in [6, 6.07) is 10.2. The highest BCUT2D eigenvalue weighted by Crippen LogP contribution is 2.33. The average Bonchev–Trinajstić information content (AvgIpc) is 2.95. The maximum atomic E-state index is 13.7. The van der Waals surface area contributed by atoms with Crippen molar-refractivity contribution in [2.45, 2.75) is 45.2 Å². The molecule has 5 rings (SSSR count). The average molecular weight is 437 g/mol. The van der Waals surface area contributed by atoms with E-state index in [-0.39, 0.29) is 17.5 Å². The van der Waals surface area contributed by atoms with Gasteiger partial charge in [0.05, 0.1) is 16.3 Å². The molecule has 1 atom stereocenters. The van der Waals surface area contributed by atoms with Crippen LogP contribution in [0.15, 0.2) is 35.1 Å². The summed E-state index contributed by atoms with van der Waals surface area (Å²) >= 11 is 1.39. The Morgan fingerprint density at radius 2 is 1.90 bits per heavy atom. The molecular weight excluding hydrogens is 408 g/mol. The number of nitrogens with zero attached hydrogens (tertiary/aromatic N) is 4. The van der Waals surface area contributed by atoms with Gasteiger partial charge in [-0.1, -0.05) is 36.8 Å². The highest BCUT2D eigenvalue weighted by molar-refractivity contribution is 7.20. The molecule has 4 heterocycles. The molecule has 1 amide bonds. The van der Waals surface area contributed by atoms with Crippen molar-refractivity contribution < 1.29 is 4.79 Å². The van der Waals surface area contributed by atoms with Gasteiger partial charge in [0.2, 0.25) is 0 Å². The molecule has 1 saturated heterocycles. The maximum absolute atomic E-state index is 13.7. The zero-order valence-electron chi connectivity index (χ0n) is 18.1. The summed E-state index contributed by atoms with van der Waals surface area (Å²) in [5.41, 5.74) is 1.95. The number of carbonyl (C=O) groups is 1. The molecule has 1 aromatic carbocycles. The van der Waals surface area contributed by atoms with E-state index in [4.69, 9.17) is 4.98 Å². The number of hydrogen-bond donors (Lipinski definition) is 0. The first-order valence-corrected chi connectivity index (χ1v) is 11.9. The van der Waals surface area contributed by atoms with Gasteiger partial charge in [-0.2, -0.15) is 0 Å². The first kappa shape index (κ1) is 20.4. The number of thiophene rings is 1. The highest BCUT2D eigenvalue weighted by Gasteiger charge is 2.33. The van der Waals surface area contributed by atoms with Crippen LogP contribution in [0.1, 0.15) is 51.9 Å². The van der Waals surface area contributed by atoms with Gasteiger partial charge in [0.25, 0.3) is 11.5 Å². The van der Waals surface area contributed by atoms with Crippen molar-refractivity contribution in [3.05, 3.63) is 62.5 Å². The quantitative estimate of drug-likeness (QED) is 0.616. The van der Waals surface area contributed by atoms with E-state index in [1.54, 1.807) is 0 Å². The zero-order valence-corrected chi connectivity index (χ0v) is 19.0. The van der Waals surface area contributed by atoms with Crippen molar-refractivity contribution in [2.75, 3.05) is 26.7 Å². The van der Waals surface area contributed by atoms with Crippen LogP contribution < -0.4 is 5.56 Å². The first-order chi connectivity index (χ1) is 15.0. The van der Waals surface area contributed by atoms with Crippen molar-refractivity contribution in [1.29, 1.82) is 0 Å². The molecule has 2 aliphatic heterocycles. The molecule has 0 radical (unpaired) electrons. The lowest BCUT2D eigenvalue weighted by atomic mass is 10.0. The molecule has 2 aliphatic rings. The summed E-state index contributed by atoms with van der Waals surface area (Å²) in [7, 11) is 2.10. The molecule has 2 aromatic heterocycles. The minimum atomic E-state index is 0.00263. The van der Waals surface area contributed by atoms with Crippen LogP contribution in [0.5, 0.6) is 0 Å². The maximum Gasteiger partial charge on any atom is 0.264 e. The minimum Gasteiger partial charge on any atom is -0.328 e. The Bertz CT molecular complexity index is 1180. The molecule has 3 aromatic rings. The number of likely N-dealkylation sites (N-methyl/N-ethyl adjacent to an activating group) is 1. The van der Waals surface area contributed by atoms with E-state index in [1.165, 1.54) is 11.3 Å². The second-order valence-corrected chi connectivity index (χ2v) is 9.72. The van der Waals surface area contributed by atoms with Crippen LogP contribution in [-0.2, 0) is 13.0 Å². The van der Waals surface area contributed by atoms with Gasteiger partial charge in [-0.05, 0) is 37.9 Å². The van der Waals surface area contributed by atoms with Crippen molar-refractivity contribution >= 4 is 27.5 Å². The molecule has 6 nitrogen and oxygen atoms in total. The van der Waals surface area contributed by atoms with Crippen LogP contribution in [0.4, 0.5) is 0 Å². The Morgan fingerprint density at radius 1 is 1.10 bits per heavy atom. The minimum absolute atomic E-state index is 0.00263. The Hall–Kier alpha value is -2.51. The van der Waals surface area contributed by atoms with Crippen LogP contribution in [0.25, 0.3) is 10.2 Å². The van der Waals surface area contributed by atoms with Crippen molar-refractivity contribution in [2.24, 2.45) is 0 Å². The van der Waals surface area contributed by atoms with Crippen LogP contribution >= 0.6 is 11.3 Å². The fraction of sp³-hybridized carbons (Fsp3) is 0.458. The number of piperazine rings is 1. The predicted octanol–water partition coefficient (Wildman–Crippen LogP) is 3.62. The molecule has 0 bridgehead atoms. The fourth-order valence-corrected chi connectivity index (χ4v) is 6.01. The number of fused-ring (bicyclic) bond motifs is 2. The van der Waals surface area contributed by atoms with E-state index < -0.39 is 0 Å². The smallest absolute Gasteiger partial charge is 0.264 e. The van der Waals surface area contributed by atoms with Gasteiger partial charge in [-0.25, -0.2) is 4.98 Å². The summed E-state index contributed by atoms with van der Waals surface area (Å²) in [6.07, 6.45) is 4.03. The Labute approximate surface area is 186 Å². The monoisotopic (exact) mass is 436 g/mol. The Morgan fingerprint density at radius 3 is 2.71 bits per heavy atom. The molecule has 0 saturated carbocycles. The fourth-order valence-electron chi connectivity index (χ4n) is 4.87. The first-order valence-electron chi connectivity index (χ1n) is 11.1. The van der Waals surface area contributed by atoms with E-state index >= 15 is 0 Å². The standard InChI is InChI=1S/C24H28N4O2S/c1-16-20-22(25-19-11-7-4-8-12-28(19)23(20)29)31-21(16)24(30)27-14-13-26(2)15-18(27)17-9-5-3-6-10-17/h3,5-6,9-10,18H,4,7-8,11-15H2,1-2H3. The second-order valence-electron chi connectivity index (χ2n) is 8.72. The van der Waals surface area contributed by atoms with E-state index in [9.17, 15) is 9.59 Å². The number of carbonyl (C=O) groups excluding carboxylic acids is 1. The molecule has 1 fully saturated rings. The third kappa shape index (κ3) is 3.59. The summed E-state index contributed by atoms with van der Waals surface area (Å²) in [4.78, 5) is 37.5. The third-order valence-corrected chi connectivity index (χ3v) is 7.81. The number of aryl methyl sites for hydroxylation is 2. The van der Waals surface area contributed by atoms with Gasteiger partial charge in [0.15, 0.2) is 0 Å². The van der Waals surface area contributed by atoms with Gasteiger partial charge < -0.3 is 9.80 Å². The summed E-state index contributed by atoms with van der Waals surface area (Å²) in [5.74, 6) is 0.888. The SMILES string of the molecule is Cc1c(C(=O)N2CCN(C)CC2c2ccccc2)sc2nc3n(c(=O)c12)CCCCC3. The topological polar surface area (TPSA) is 58.4 Å². The molecule has 1 unspecified atom stereocenters. The number of aromatic nitrogens is 2. The molecule has 162 valence electrons. The number of amides is 1. The Balaban J connectivity index is 1.57. The van der Waals surface area contributed by atoms with Crippen LogP contribution in [-0.4, -0.2) is 51.9 Å². The second kappa shape index (κ2) is 8.20. The van der Waals surface area contributed by atoms with Crippen molar-refractivity contribution in [1.82, 2.24) is 19.4 Å². The molecule has 7 heteroatoms. The molecule has 0 aliphatic carbocycles. The summed E-state index contributed by atoms with van der Waals surface area (Å²) in [5, 5.41) is 0.629. The van der Waals surface area contributed by atoms with Gasteiger partial charge in [-0.3, -0.25) is 14.2 Å². The third-order valence-electron chi connectivity index (χ3n) is 6.63. The van der Waals surface area contributed by atoms with Crippen molar-refractivity contribution in [3.63, 3.8) is 0 Å². The summed E-state index contributed by atoms with van der Waals surface area (Å²) in [6.45, 7) is 4.95. The van der Waals surface area contributed by atoms with Gasteiger partial charge in [-0.15, -0.1) is 11.3 Å². The largest absolute Gasteiger partial charge is 0.328 e. The normalized spacial score (nSPS) is 19.9. The number of benzene rings is 1. The highest BCUT2D eigenvalue weighted by atomic mass is 32.1. The van der Waals surface area contributed by atoms with Crippen LogP contribution in [0.3, 0.4) is 0 Å². The molecular formula is C24H28N4O2S. The summed E-state index contributed by atoms with van der Waals surface area (Å²) < 4.78 is 1.84. The molecule has 0 N–H and O–H groups in total. The lowest BCUT2D eigenvalue weighted by Gasteiger charge is -2.40. The van der Waals surface area contributed by atoms with E-state index in [0.29, 0.717) is 21.6 Å². The Kier molecular flexibility index (Phi) is 5.40. The predicted molar refractivity (Wildman–Crippen MR) is 124 cm³/mol. The van der Waals surface area contributed by atoms with E-state index in [2.05, 4.69) is 24.1 Å². The van der Waals surface area contributed by atoms with Gasteiger partial charge in [0.1, 0.15) is 10.7 Å². The molecule has 31 heavy (non-hydrogen) atoms. The molecule has 0 spiro atoms. The lowest BCUT2D eigenvalue weighted by Crippen LogP contribution is -2.49. The number of rotatable bonds is 2. The van der Waals surface area contributed by atoms with Gasteiger partial charge >= 0.3 is 0 Å². The van der Waals surface area contributed by atoms with Crippen LogP contribution in [0, 0.1) is 6.92 Å². The van der Waals surface area contributed by atoms with E-state index in [1.807, 2.05) is 34.6 Å². The van der Waals surface area contributed by atoms with Crippen molar-refractivity contribution in [3.8, 4) is 0 Å². The van der Waals surface area contributed by atoms with E-state index in [0.717, 1.165) is 62.3 Å². The lowest BCUT2D eigenvalue weighted by molar-refractivity contribution is 0.0502. The number of hydrogen-bond acceptors (Lipinski definition) is 5. The van der Waals surface area contributed by atoms with Crippen LogP contribution in [0.2, 0.25) is 0 Å². The zero-order chi connectivity index (χ0) is 21.5. The van der Waals surface area contributed by atoms with Gasteiger partial charge in [0, 0.05) is 32.6 Å².